The van der Waals surface area contributed by atoms with Crippen molar-refractivity contribution in [1.29, 1.82) is 0 Å². The molecule has 0 atom stereocenters. The Morgan fingerprint density at radius 1 is 1.19 bits per heavy atom. The van der Waals surface area contributed by atoms with Crippen LogP contribution in [0, 0.1) is 0 Å². The minimum Gasteiger partial charge on any atom is -0.465 e. The highest BCUT2D eigenvalue weighted by Crippen LogP contribution is 2.19. The number of carbonyl (C=O) groups excluding carboxylic acids is 3. The highest BCUT2D eigenvalue weighted by molar-refractivity contribution is 6.01. The molecule has 0 radical (unpaired) electrons. The van der Waals surface area contributed by atoms with E-state index in [-0.39, 0.29) is 6.54 Å². The predicted octanol–water partition coefficient (Wildman–Crippen LogP) is 1.93. The number of fused-ring (bicyclic) bond motifs is 1. The molecule has 2 amide bonds. The fourth-order valence-corrected chi connectivity index (χ4v) is 2.57. The van der Waals surface area contributed by atoms with Gasteiger partial charge in [-0.3, -0.25) is 9.59 Å². The van der Waals surface area contributed by atoms with Crippen LogP contribution in [0.5, 0.6) is 0 Å². The number of esters is 1. The first kappa shape index (κ1) is 17.3. The van der Waals surface area contributed by atoms with Crippen molar-refractivity contribution in [3.8, 4) is 0 Å². The average molecular weight is 355 g/mol. The summed E-state index contributed by atoms with van der Waals surface area (Å²) in [6.07, 6.45) is 1.54. The summed E-state index contributed by atoms with van der Waals surface area (Å²) in [5.74, 6) is -1.31. The van der Waals surface area contributed by atoms with E-state index >= 15 is 0 Å². The summed E-state index contributed by atoms with van der Waals surface area (Å²) in [7, 11) is 3.02. The lowest BCUT2D eigenvalue weighted by Crippen LogP contribution is -2.33. The predicted molar refractivity (Wildman–Crippen MR) is 93.9 cm³/mol. The van der Waals surface area contributed by atoms with Gasteiger partial charge in [-0.1, -0.05) is 6.07 Å². The summed E-state index contributed by atoms with van der Waals surface area (Å²) in [5, 5.41) is 5.17. The molecule has 134 valence electrons. The third-order valence-corrected chi connectivity index (χ3v) is 3.87. The number of nitrogens with zero attached hydrogens (tertiary/aromatic N) is 1. The molecule has 0 fully saturated rings. The van der Waals surface area contributed by atoms with Crippen LogP contribution < -0.4 is 10.6 Å². The first-order valence-electron chi connectivity index (χ1n) is 7.79. The maximum Gasteiger partial charge on any atom is 0.337 e. The van der Waals surface area contributed by atoms with Gasteiger partial charge in [0.05, 0.1) is 31.0 Å². The van der Waals surface area contributed by atoms with E-state index in [2.05, 4.69) is 15.4 Å². The minimum atomic E-state index is -0.498. The van der Waals surface area contributed by atoms with Gasteiger partial charge in [-0.2, -0.15) is 0 Å². The van der Waals surface area contributed by atoms with Crippen LogP contribution in [0.1, 0.15) is 20.8 Å². The van der Waals surface area contributed by atoms with Crippen LogP contribution in [0.2, 0.25) is 0 Å². The van der Waals surface area contributed by atoms with Crippen molar-refractivity contribution in [2.75, 3.05) is 19.0 Å². The molecule has 8 nitrogen and oxygen atoms in total. The van der Waals surface area contributed by atoms with E-state index in [1.54, 1.807) is 48.2 Å². The Morgan fingerprint density at radius 3 is 2.73 bits per heavy atom. The lowest BCUT2D eigenvalue weighted by molar-refractivity contribution is -0.115. The van der Waals surface area contributed by atoms with Gasteiger partial charge < -0.3 is 24.4 Å². The standard InChI is InChI=1S/C18H17N3O5/c1-21-13-6-7-26-15(13)9-14(21)17(23)19-10-16(22)20-12-5-3-4-11(8-12)18(24)25-2/h3-9H,10H2,1-2H3,(H,19,23)(H,20,22). The van der Waals surface area contributed by atoms with E-state index in [4.69, 9.17) is 4.42 Å². The van der Waals surface area contributed by atoms with Crippen molar-refractivity contribution in [3.05, 3.63) is 53.9 Å². The molecule has 0 saturated carbocycles. The number of hydrogen-bond acceptors (Lipinski definition) is 5. The Hall–Kier alpha value is -3.55. The van der Waals surface area contributed by atoms with Crippen molar-refractivity contribution >= 4 is 34.6 Å². The molecular formula is C18H17N3O5. The molecule has 1 aromatic carbocycles. The summed E-state index contributed by atoms with van der Waals surface area (Å²) in [6, 6.07) is 9.71. The van der Waals surface area contributed by atoms with Gasteiger partial charge in [-0.25, -0.2) is 4.79 Å². The molecule has 2 aromatic heterocycles. The second kappa shape index (κ2) is 7.14. The lowest BCUT2D eigenvalue weighted by atomic mass is 10.2. The summed E-state index contributed by atoms with van der Waals surface area (Å²) in [5.41, 5.74) is 2.53. The van der Waals surface area contributed by atoms with E-state index < -0.39 is 17.8 Å². The fourth-order valence-electron chi connectivity index (χ4n) is 2.57. The Kier molecular flexibility index (Phi) is 4.74. The van der Waals surface area contributed by atoms with Gasteiger partial charge in [0, 0.05) is 24.9 Å². The van der Waals surface area contributed by atoms with Crippen LogP contribution in [0.25, 0.3) is 11.1 Å². The van der Waals surface area contributed by atoms with Gasteiger partial charge in [0.25, 0.3) is 5.91 Å². The quantitative estimate of drug-likeness (QED) is 0.681. The van der Waals surface area contributed by atoms with Crippen molar-refractivity contribution in [3.63, 3.8) is 0 Å². The number of aryl methyl sites for hydroxylation is 1. The first-order valence-corrected chi connectivity index (χ1v) is 7.79. The normalized spacial score (nSPS) is 10.5. The molecule has 0 spiro atoms. The third-order valence-electron chi connectivity index (χ3n) is 3.87. The second-order valence-electron chi connectivity index (χ2n) is 5.56. The van der Waals surface area contributed by atoms with Gasteiger partial charge >= 0.3 is 5.97 Å². The average Bonchev–Trinajstić information content (AvgIpc) is 3.22. The summed E-state index contributed by atoms with van der Waals surface area (Å²) >= 11 is 0. The summed E-state index contributed by atoms with van der Waals surface area (Å²) in [6.45, 7) is -0.214. The molecule has 26 heavy (non-hydrogen) atoms. The van der Waals surface area contributed by atoms with Gasteiger partial charge in [0.2, 0.25) is 5.91 Å². The van der Waals surface area contributed by atoms with Crippen LogP contribution in [0.4, 0.5) is 5.69 Å². The molecule has 3 rings (SSSR count). The van der Waals surface area contributed by atoms with Crippen LogP contribution in [-0.4, -0.2) is 36.0 Å². The maximum atomic E-state index is 12.3. The maximum absolute atomic E-state index is 12.3. The number of benzene rings is 1. The van der Waals surface area contributed by atoms with E-state index in [1.807, 2.05) is 0 Å². The van der Waals surface area contributed by atoms with Crippen molar-refractivity contribution < 1.29 is 23.5 Å². The second-order valence-corrected chi connectivity index (χ2v) is 5.56. The minimum absolute atomic E-state index is 0.214. The number of carbonyl (C=O) groups is 3. The zero-order valence-electron chi connectivity index (χ0n) is 14.2. The number of nitrogens with one attached hydrogen (secondary N) is 2. The van der Waals surface area contributed by atoms with Gasteiger partial charge in [-0.15, -0.1) is 0 Å². The topological polar surface area (TPSA) is 103 Å². The number of ether oxygens (including phenoxy) is 1. The Morgan fingerprint density at radius 2 is 2.00 bits per heavy atom. The molecule has 0 aliphatic heterocycles. The molecule has 0 unspecified atom stereocenters. The van der Waals surface area contributed by atoms with Gasteiger partial charge in [0.15, 0.2) is 5.58 Å². The van der Waals surface area contributed by atoms with Crippen molar-refractivity contribution in [2.24, 2.45) is 7.05 Å². The number of methoxy groups -OCH3 is 1. The van der Waals surface area contributed by atoms with Gasteiger partial charge in [-0.05, 0) is 18.2 Å². The van der Waals surface area contributed by atoms with Gasteiger partial charge in [0.1, 0.15) is 5.69 Å². The number of furan rings is 1. The van der Waals surface area contributed by atoms with E-state index in [1.165, 1.54) is 13.2 Å². The zero-order chi connectivity index (χ0) is 18.7. The Bertz CT molecular complexity index is 986. The van der Waals surface area contributed by atoms with Crippen LogP contribution in [0.15, 0.2) is 47.1 Å². The summed E-state index contributed by atoms with van der Waals surface area (Å²) in [4.78, 5) is 35.8. The SMILES string of the molecule is COC(=O)c1cccc(NC(=O)CNC(=O)c2cc3occc3n2C)c1. The van der Waals surface area contributed by atoms with Crippen LogP contribution in [-0.2, 0) is 16.6 Å². The molecule has 0 aliphatic carbocycles. The summed E-state index contributed by atoms with van der Waals surface area (Å²) < 4.78 is 11.6. The zero-order valence-corrected chi connectivity index (χ0v) is 14.2. The third kappa shape index (κ3) is 3.44. The van der Waals surface area contributed by atoms with E-state index in [0.29, 0.717) is 22.5 Å². The molecule has 3 aromatic rings. The van der Waals surface area contributed by atoms with Crippen molar-refractivity contribution in [1.82, 2.24) is 9.88 Å². The molecule has 2 N–H and O–H groups in total. The molecule has 0 aliphatic rings. The van der Waals surface area contributed by atoms with Crippen LogP contribution in [0.3, 0.4) is 0 Å². The first-order chi connectivity index (χ1) is 12.5. The highest BCUT2D eigenvalue weighted by Gasteiger charge is 2.16. The molecule has 8 heteroatoms. The van der Waals surface area contributed by atoms with Crippen molar-refractivity contribution in [2.45, 2.75) is 0 Å². The lowest BCUT2D eigenvalue weighted by Gasteiger charge is -2.08. The fraction of sp³-hybridized carbons (Fsp3) is 0.167. The molecule has 0 saturated heterocycles. The molecule has 0 bridgehead atoms. The largest absolute Gasteiger partial charge is 0.465 e. The highest BCUT2D eigenvalue weighted by atomic mass is 16.5. The number of aromatic nitrogens is 1. The van der Waals surface area contributed by atoms with Crippen LogP contribution >= 0.6 is 0 Å². The smallest absolute Gasteiger partial charge is 0.337 e. The molecular weight excluding hydrogens is 338 g/mol. The number of rotatable bonds is 5. The van der Waals surface area contributed by atoms with E-state index in [0.717, 1.165) is 5.52 Å². The number of anilines is 1. The Balaban J connectivity index is 1.60. The number of hydrogen-bond donors (Lipinski definition) is 2. The van der Waals surface area contributed by atoms with E-state index in [9.17, 15) is 14.4 Å². The number of amides is 2. The monoisotopic (exact) mass is 355 g/mol. The Labute approximate surface area is 148 Å². The molecule has 2 heterocycles.